The number of rotatable bonds is 7. The molecule has 20 heavy (non-hydrogen) atoms. The molecule has 1 aromatic carbocycles. The number of carbonyl (C=O) groups is 1. The van der Waals surface area contributed by atoms with Crippen LogP contribution in [0.25, 0.3) is 0 Å². The van der Waals surface area contributed by atoms with E-state index in [1.165, 1.54) is 0 Å². The van der Waals surface area contributed by atoms with Crippen LogP contribution >= 0.6 is 0 Å². The van der Waals surface area contributed by atoms with Crippen molar-refractivity contribution in [1.82, 2.24) is 4.90 Å². The number of esters is 1. The van der Waals surface area contributed by atoms with Crippen LogP contribution in [0.2, 0.25) is 0 Å². The Morgan fingerprint density at radius 1 is 1.25 bits per heavy atom. The number of hydrogen-bond donors (Lipinski definition) is 0. The summed E-state index contributed by atoms with van der Waals surface area (Å²) in [6.07, 6.45) is 0.909. The van der Waals surface area contributed by atoms with Crippen LogP contribution in [0.5, 0.6) is 0 Å². The van der Waals surface area contributed by atoms with E-state index in [1.54, 1.807) is 0 Å². The van der Waals surface area contributed by atoms with Crippen LogP contribution in [-0.4, -0.2) is 37.1 Å². The Morgan fingerprint density at radius 3 is 2.45 bits per heavy atom. The molecule has 0 bridgehead atoms. The molecule has 0 aliphatic heterocycles. The molecule has 1 aliphatic carbocycles. The number of hydrogen-bond acceptors (Lipinski definition) is 3. The Morgan fingerprint density at radius 2 is 1.90 bits per heavy atom. The first-order chi connectivity index (χ1) is 9.68. The molecule has 0 N–H and O–H groups in total. The minimum Gasteiger partial charge on any atom is -0.465 e. The van der Waals surface area contributed by atoms with Gasteiger partial charge in [-0.05, 0) is 37.9 Å². The van der Waals surface area contributed by atoms with Crippen molar-refractivity contribution < 1.29 is 9.53 Å². The molecule has 0 saturated heterocycles. The van der Waals surface area contributed by atoms with Gasteiger partial charge in [0.25, 0.3) is 0 Å². The van der Waals surface area contributed by atoms with Crippen molar-refractivity contribution in [3.05, 3.63) is 35.9 Å². The molecule has 2 atom stereocenters. The van der Waals surface area contributed by atoms with Gasteiger partial charge in [-0.25, -0.2) is 0 Å². The molecule has 0 spiro atoms. The van der Waals surface area contributed by atoms with E-state index in [0.29, 0.717) is 12.5 Å². The predicted octanol–water partition coefficient (Wildman–Crippen LogP) is 2.85. The Balaban J connectivity index is 2.19. The number of benzene rings is 1. The van der Waals surface area contributed by atoms with Crippen LogP contribution in [0.4, 0.5) is 0 Å². The standard InChI is InChI=1S/C17H25NO2/c1-4-18(5-2)13-15-12-17(15,16(19)20-6-3)14-10-8-7-9-11-14/h7-11,15H,4-6,12-13H2,1-3H3/t15-,17+/m1/s1. The average molecular weight is 275 g/mol. The molecule has 110 valence electrons. The predicted molar refractivity (Wildman–Crippen MR) is 80.6 cm³/mol. The first-order valence-electron chi connectivity index (χ1n) is 7.64. The number of ether oxygens (including phenoxy) is 1. The fourth-order valence-corrected chi connectivity index (χ4v) is 3.06. The van der Waals surface area contributed by atoms with Gasteiger partial charge < -0.3 is 9.64 Å². The second-order valence-electron chi connectivity index (χ2n) is 5.44. The summed E-state index contributed by atoms with van der Waals surface area (Å²) in [5.41, 5.74) is 0.704. The summed E-state index contributed by atoms with van der Waals surface area (Å²) in [5, 5.41) is 0. The summed E-state index contributed by atoms with van der Waals surface area (Å²) >= 11 is 0. The highest BCUT2D eigenvalue weighted by Crippen LogP contribution is 2.55. The van der Waals surface area contributed by atoms with E-state index in [4.69, 9.17) is 4.74 Å². The zero-order valence-electron chi connectivity index (χ0n) is 12.8. The lowest BCUT2D eigenvalue weighted by molar-refractivity contribution is -0.146. The van der Waals surface area contributed by atoms with Gasteiger partial charge in [-0.15, -0.1) is 0 Å². The summed E-state index contributed by atoms with van der Waals surface area (Å²) in [6, 6.07) is 10.1. The van der Waals surface area contributed by atoms with Crippen molar-refractivity contribution in [2.75, 3.05) is 26.2 Å². The Hall–Kier alpha value is -1.35. The molecule has 3 nitrogen and oxygen atoms in total. The first-order valence-corrected chi connectivity index (χ1v) is 7.64. The second kappa shape index (κ2) is 6.40. The molecule has 1 aromatic rings. The topological polar surface area (TPSA) is 29.5 Å². The summed E-state index contributed by atoms with van der Waals surface area (Å²) in [5.74, 6) is 0.326. The monoisotopic (exact) mass is 275 g/mol. The van der Waals surface area contributed by atoms with Crippen molar-refractivity contribution in [3.63, 3.8) is 0 Å². The zero-order chi connectivity index (χ0) is 14.6. The molecular formula is C17H25NO2. The smallest absolute Gasteiger partial charge is 0.316 e. The fraction of sp³-hybridized carbons (Fsp3) is 0.588. The van der Waals surface area contributed by atoms with Crippen LogP contribution in [0.3, 0.4) is 0 Å². The summed E-state index contributed by atoms with van der Waals surface area (Å²) in [6.45, 7) is 9.69. The van der Waals surface area contributed by atoms with Gasteiger partial charge in [0, 0.05) is 6.54 Å². The number of nitrogens with zero attached hydrogens (tertiary/aromatic N) is 1. The molecule has 0 unspecified atom stereocenters. The third-order valence-corrected chi connectivity index (χ3v) is 4.41. The average Bonchev–Trinajstić information content (AvgIpc) is 3.21. The fourth-order valence-electron chi connectivity index (χ4n) is 3.06. The summed E-state index contributed by atoms with van der Waals surface area (Å²) in [7, 11) is 0. The van der Waals surface area contributed by atoms with Gasteiger partial charge in [-0.3, -0.25) is 4.79 Å². The van der Waals surface area contributed by atoms with E-state index in [-0.39, 0.29) is 5.97 Å². The Kier molecular flexibility index (Phi) is 4.81. The van der Waals surface area contributed by atoms with Gasteiger partial charge in [0.2, 0.25) is 0 Å². The molecule has 1 fully saturated rings. The van der Waals surface area contributed by atoms with Gasteiger partial charge in [0.15, 0.2) is 0 Å². The highest BCUT2D eigenvalue weighted by atomic mass is 16.5. The van der Waals surface area contributed by atoms with Crippen molar-refractivity contribution in [2.45, 2.75) is 32.6 Å². The molecule has 2 rings (SSSR count). The zero-order valence-corrected chi connectivity index (χ0v) is 12.8. The number of carbonyl (C=O) groups excluding carboxylic acids is 1. The van der Waals surface area contributed by atoms with Crippen LogP contribution in [0.1, 0.15) is 32.8 Å². The van der Waals surface area contributed by atoms with Crippen LogP contribution in [0.15, 0.2) is 30.3 Å². The largest absolute Gasteiger partial charge is 0.465 e. The lowest BCUT2D eigenvalue weighted by Gasteiger charge is -2.21. The summed E-state index contributed by atoms with van der Waals surface area (Å²) < 4.78 is 5.35. The maximum Gasteiger partial charge on any atom is 0.316 e. The van der Waals surface area contributed by atoms with Crippen LogP contribution in [0, 0.1) is 5.92 Å². The van der Waals surface area contributed by atoms with Gasteiger partial charge in [0.1, 0.15) is 0 Å². The highest BCUT2D eigenvalue weighted by molar-refractivity contribution is 5.87. The van der Waals surface area contributed by atoms with E-state index in [0.717, 1.165) is 31.6 Å². The molecular weight excluding hydrogens is 250 g/mol. The molecule has 0 heterocycles. The lowest BCUT2D eigenvalue weighted by Crippen LogP contribution is -2.32. The van der Waals surface area contributed by atoms with Crippen molar-refractivity contribution >= 4 is 5.97 Å². The SMILES string of the molecule is CCOC(=O)[C@]1(c2ccccc2)C[C@@H]1CN(CC)CC. The van der Waals surface area contributed by atoms with Gasteiger partial charge in [-0.1, -0.05) is 44.2 Å². The van der Waals surface area contributed by atoms with E-state index in [9.17, 15) is 4.79 Å². The molecule has 0 radical (unpaired) electrons. The Bertz CT molecular complexity index is 442. The molecule has 0 amide bonds. The molecule has 3 heteroatoms. The third-order valence-electron chi connectivity index (χ3n) is 4.41. The molecule has 1 saturated carbocycles. The maximum atomic E-state index is 12.5. The van der Waals surface area contributed by atoms with Crippen LogP contribution < -0.4 is 0 Å². The minimum absolute atomic E-state index is 0.0524. The molecule has 0 aromatic heterocycles. The quantitative estimate of drug-likeness (QED) is 0.717. The van der Waals surface area contributed by atoms with Gasteiger partial charge in [0.05, 0.1) is 12.0 Å². The normalized spacial score (nSPS) is 24.7. The molecule has 1 aliphatic rings. The summed E-state index contributed by atoms with van der Waals surface area (Å²) in [4.78, 5) is 14.8. The van der Waals surface area contributed by atoms with Gasteiger partial charge >= 0.3 is 5.97 Å². The van der Waals surface area contributed by atoms with Crippen molar-refractivity contribution in [1.29, 1.82) is 0 Å². The Labute approximate surface area is 121 Å². The lowest BCUT2D eigenvalue weighted by atomic mass is 9.93. The first kappa shape index (κ1) is 15.0. The van der Waals surface area contributed by atoms with E-state index < -0.39 is 5.41 Å². The van der Waals surface area contributed by atoms with E-state index >= 15 is 0 Å². The van der Waals surface area contributed by atoms with Crippen LogP contribution in [-0.2, 0) is 14.9 Å². The highest BCUT2D eigenvalue weighted by Gasteiger charge is 2.62. The van der Waals surface area contributed by atoms with E-state index in [2.05, 4.69) is 30.9 Å². The minimum atomic E-state index is -0.403. The van der Waals surface area contributed by atoms with Crippen molar-refractivity contribution in [2.24, 2.45) is 5.92 Å². The maximum absolute atomic E-state index is 12.5. The van der Waals surface area contributed by atoms with E-state index in [1.807, 2.05) is 25.1 Å². The third kappa shape index (κ3) is 2.73. The second-order valence-corrected chi connectivity index (χ2v) is 5.44. The van der Waals surface area contributed by atoms with Gasteiger partial charge in [-0.2, -0.15) is 0 Å². The van der Waals surface area contributed by atoms with Crippen molar-refractivity contribution in [3.8, 4) is 0 Å².